The van der Waals surface area contributed by atoms with Gasteiger partial charge in [-0.05, 0) is 43.2 Å². The van der Waals surface area contributed by atoms with Crippen LogP contribution in [-0.4, -0.2) is 17.5 Å². The van der Waals surface area contributed by atoms with Crippen LogP contribution in [-0.2, 0) is 4.79 Å². The van der Waals surface area contributed by atoms with Crippen LogP contribution >= 0.6 is 0 Å². The molecule has 0 fully saturated rings. The Morgan fingerprint density at radius 3 is 2.55 bits per heavy atom. The Hall–Kier alpha value is -2.89. The molecule has 0 amide bonds. The van der Waals surface area contributed by atoms with Gasteiger partial charge in [0.2, 0.25) is 5.75 Å². The molecule has 0 aliphatic rings. The second-order valence-electron chi connectivity index (χ2n) is 4.81. The number of hydrogen-bond acceptors (Lipinski definition) is 5. The van der Waals surface area contributed by atoms with Crippen molar-refractivity contribution in [3.8, 4) is 11.5 Å². The van der Waals surface area contributed by atoms with Gasteiger partial charge in [-0.15, -0.1) is 0 Å². The van der Waals surface area contributed by atoms with E-state index in [-0.39, 0.29) is 18.0 Å². The number of esters is 1. The highest BCUT2D eigenvalue weighted by Crippen LogP contribution is 2.27. The van der Waals surface area contributed by atoms with E-state index < -0.39 is 10.9 Å². The predicted octanol–water partition coefficient (Wildman–Crippen LogP) is 3.20. The molecule has 6 heteroatoms. The van der Waals surface area contributed by atoms with Gasteiger partial charge in [0.1, 0.15) is 5.75 Å². The van der Waals surface area contributed by atoms with Gasteiger partial charge in [0.25, 0.3) is 0 Å². The number of carbonyl (C=O) groups is 1. The Morgan fingerprint density at radius 1 is 1.14 bits per heavy atom. The summed E-state index contributed by atoms with van der Waals surface area (Å²) in [6.45, 7) is 3.33. The Balaban J connectivity index is 2.03. The van der Waals surface area contributed by atoms with Crippen molar-refractivity contribution in [2.75, 3.05) is 6.61 Å². The summed E-state index contributed by atoms with van der Waals surface area (Å²) in [5, 5.41) is 10.9. The molecule has 6 nitrogen and oxygen atoms in total. The fourth-order valence-corrected chi connectivity index (χ4v) is 1.85. The average molecular weight is 301 g/mol. The largest absolute Gasteiger partial charge is 0.482 e. The van der Waals surface area contributed by atoms with Crippen molar-refractivity contribution in [2.45, 2.75) is 13.8 Å². The lowest BCUT2D eigenvalue weighted by Crippen LogP contribution is -2.18. The lowest BCUT2D eigenvalue weighted by molar-refractivity contribution is -0.385. The van der Waals surface area contributed by atoms with Crippen molar-refractivity contribution >= 4 is 11.7 Å². The van der Waals surface area contributed by atoms with Crippen LogP contribution in [0.15, 0.2) is 42.5 Å². The minimum Gasteiger partial charge on any atom is -0.482 e. The third-order valence-electron chi connectivity index (χ3n) is 2.88. The van der Waals surface area contributed by atoms with Gasteiger partial charge < -0.3 is 9.47 Å². The summed E-state index contributed by atoms with van der Waals surface area (Å²) in [6.07, 6.45) is 0. The van der Waals surface area contributed by atoms with Gasteiger partial charge in [0.15, 0.2) is 6.61 Å². The lowest BCUT2D eigenvalue weighted by Gasteiger charge is -2.08. The van der Waals surface area contributed by atoms with Gasteiger partial charge in [-0.3, -0.25) is 10.1 Å². The summed E-state index contributed by atoms with van der Waals surface area (Å²) >= 11 is 0. The third kappa shape index (κ3) is 4.05. The summed E-state index contributed by atoms with van der Waals surface area (Å²) in [5.41, 5.74) is 1.50. The van der Waals surface area contributed by atoms with Crippen LogP contribution in [0.2, 0.25) is 0 Å². The van der Waals surface area contributed by atoms with Crippen LogP contribution in [0.3, 0.4) is 0 Å². The molecule has 0 radical (unpaired) electrons. The molecule has 0 spiro atoms. The highest BCUT2D eigenvalue weighted by Gasteiger charge is 2.18. The second-order valence-corrected chi connectivity index (χ2v) is 4.81. The van der Waals surface area contributed by atoms with E-state index >= 15 is 0 Å². The molecule has 2 aromatic carbocycles. The maximum Gasteiger partial charge on any atom is 0.349 e. The topological polar surface area (TPSA) is 78.7 Å². The molecular weight excluding hydrogens is 286 g/mol. The molecule has 22 heavy (non-hydrogen) atoms. The van der Waals surface area contributed by atoms with E-state index in [0.717, 1.165) is 11.1 Å². The van der Waals surface area contributed by atoms with E-state index in [1.165, 1.54) is 12.1 Å². The van der Waals surface area contributed by atoms with E-state index in [1.807, 2.05) is 13.0 Å². The highest BCUT2D eigenvalue weighted by molar-refractivity contribution is 5.75. The number of nitrogens with zero attached hydrogens (tertiary/aromatic N) is 1. The van der Waals surface area contributed by atoms with Gasteiger partial charge >= 0.3 is 11.7 Å². The summed E-state index contributed by atoms with van der Waals surface area (Å²) in [5.74, 6) is -0.242. The van der Waals surface area contributed by atoms with Crippen LogP contribution in [0.5, 0.6) is 11.5 Å². The van der Waals surface area contributed by atoms with Crippen molar-refractivity contribution in [3.05, 3.63) is 63.7 Å². The van der Waals surface area contributed by atoms with Crippen LogP contribution in [0.1, 0.15) is 11.1 Å². The molecule has 0 aliphatic heterocycles. The highest BCUT2D eigenvalue weighted by atomic mass is 16.6. The number of aryl methyl sites for hydroxylation is 2. The normalized spacial score (nSPS) is 10.1. The van der Waals surface area contributed by atoms with Crippen LogP contribution in [0.25, 0.3) is 0 Å². The summed E-state index contributed by atoms with van der Waals surface area (Å²) in [7, 11) is 0. The first-order valence-corrected chi connectivity index (χ1v) is 6.61. The summed E-state index contributed by atoms with van der Waals surface area (Å²) in [4.78, 5) is 22.1. The predicted molar refractivity (Wildman–Crippen MR) is 80.1 cm³/mol. The van der Waals surface area contributed by atoms with Crippen LogP contribution < -0.4 is 9.47 Å². The average Bonchev–Trinajstić information content (AvgIpc) is 2.45. The van der Waals surface area contributed by atoms with Crippen molar-refractivity contribution in [2.24, 2.45) is 0 Å². The minimum absolute atomic E-state index is 0.0807. The zero-order valence-electron chi connectivity index (χ0n) is 12.2. The van der Waals surface area contributed by atoms with Crippen molar-refractivity contribution in [1.29, 1.82) is 0 Å². The zero-order chi connectivity index (χ0) is 16.1. The smallest absolute Gasteiger partial charge is 0.349 e. The molecule has 0 heterocycles. The fraction of sp³-hybridized carbons (Fsp3) is 0.188. The van der Waals surface area contributed by atoms with E-state index in [2.05, 4.69) is 0 Å². The Labute approximate surface area is 127 Å². The number of benzene rings is 2. The molecule has 0 bridgehead atoms. The molecule has 0 aromatic heterocycles. The molecule has 0 aliphatic carbocycles. The number of nitro benzene ring substituents is 1. The lowest BCUT2D eigenvalue weighted by atomic mass is 10.2. The Bertz CT molecular complexity index is 711. The zero-order valence-corrected chi connectivity index (χ0v) is 12.2. The molecule has 0 saturated carbocycles. The molecule has 0 N–H and O–H groups in total. The third-order valence-corrected chi connectivity index (χ3v) is 2.88. The van der Waals surface area contributed by atoms with Crippen molar-refractivity contribution < 1.29 is 19.2 Å². The SMILES string of the molecule is Cc1cccc(OCC(=O)Oc2cc(C)ccc2[N+](=O)[O-])c1. The van der Waals surface area contributed by atoms with E-state index in [1.54, 1.807) is 31.2 Å². The maximum absolute atomic E-state index is 11.8. The Kier molecular flexibility index (Phi) is 4.73. The monoisotopic (exact) mass is 301 g/mol. The van der Waals surface area contributed by atoms with E-state index in [4.69, 9.17) is 9.47 Å². The van der Waals surface area contributed by atoms with Gasteiger partial charge in [0.05, 0.1) is 4.92 Å². The number of hydrogen-bond donors (Lipinski definition) is 0. The summed E-state index contributed by atoms with van der Waals surface area (Å²) < 4.78 is 10.3. The van der Waals surface area contributed by atoms with E-state index in [9.17, 15) is 14.9 Å². The number of nitro groups is 1. The van der Waals surface area contributed by atoms with Gasteiger partial charge in [0, 0.05) is 6.07 Å². The fourth-order valence-electron chi connectivity index (χ4n) is 1.85. The first kappa shape index (κ1) is 15.5. The van der Waals surface area contributed by atoms with Crippen molar-refractivity contribution in [3.63, 3.8) is 0 Å². The quantitative estimate of drug-likeness (QED) is 0.367. The molecule has 0 atom stereocenters. The molecule has 0 unspecified atom stereocenters. The molecular formula is C16H15NO5. The van der Waals surface area contributed by atoms with Gasteiger partial charge in [-0.25, -0.2) is 4.79 Å². The molecule has 2 rings (SSSR count). The van der Waals surface area contributed by atoms with E-state index in [0.29, 0.717) is 5.75 Å². The second kappa shape index (κ2) is 6.71. The standard InChI is InChI=1S/C16H15NO5/c1-11-4-3-5-13(8-11)21-10-16(18)22-15-9-12(2)6-7-14(15)17(19)20/h3-9H,10H2,1-2H3. The number of ether oxygens (including phenoxy) is 2. The molecule has 0 saturated heterocycles. The van der Waals surface area contributed by atoms with Gasteiger partial charge in [-0.1, -0.05) is 18.2 Å². The van der Waals surface area contributed by atoms with Crippen LogP contribution in [0.4, 0.5) is 5.69 Å². The Morgan fingerprint density at radius 2 is 1.86 bits per heavy atom. The van der Waals surface area contributed by atoms with Gasteiger partial charge in [-0.2, -0.15) is 0 Å². The van der Waals surface area contributed by atoms with Crippen LogP contribution in [0, 0.1) is 24.0 Å². The summed E-state index contributed by atoms with van der Waals surface area (Å²) in [6, 6.07) is 11.5. The first-order chi connectivity index (χ1) is 10.5. The maximum atomic E-state index is 11.8. The molecule has 114 valence electrons. The number of carbonyl (C=O) groups excluding carboxylic acids is 1. The van der Waals surface area contributed by atoms with Crippen molar-refractivity contribution in [1.82, 2.24) is 0 Å². The minimum atomic E-state index is -0.699. The molecule has 2 aromatic rings. The number of rotatable bonds is 5. The first-order valence-electron chi connectivity index (χ1n) is 6.61.